The molecule has 1 aromatic rings. The maximum absolute atomic E-state index is 11.1. The minimum Gasteiger partial charge on any atom is -0.377 e. The molecule has 0 heterocycles. The first-order chi connectivity index (χ1) is 9.06. The molecule has 104 valence electrons. The summed E-state index contributed by atoms with van der Waals surface area (Å²) >= 11 is 3.28. The number of anilines is 1. The monoisotopic (exact) mass is 326 g/mol. The van der Waals surface area contributed by atoms with Gasteiger partial charge >= 0.3 is 0 Å². The molecule has 19 heavy (non-hydrogen) atoms. The van der Waals surface area contributed by atoms with Crippen LogP contribution in [-0.4, -0.2) is 11.0 Å². The molecule has 0 aromatic heterocycles. The van der Waals surface area contributed by atoms with Crippen LogP contribution >= 0.6 is 15.9 Å². The Labute approximate surface area is 121 Å². The molecule has 4 nitrogen and oxygen atoms in total. The van der Waals surface area contributed by atoms with Crippen molar-refractivity contribution in [3.05, 3.63) is 32.8 Å². The average molecular weight is 327 g/mol. The first-order valence-corrected chi connectivity index (χ1v) is 7.56. The van der Waals surface area contributed by atoms with Crippen LogP contribution in [0.15, 0.2) is 22.7 Å². The maximum atomic E-state index is 11.1. The van der Waals surface area contributed by atoms with E-state index in [1.54, 1.807) is 12.1 Å². The highest BCUT2D eigenvalue weighted by atomic mass is 79.9. The lowest BCUT2D eigenvalue weighted by atomic mass is 10.0. The molecule has 0 saturated heterocycles. The van der Waals surface area contributed by atoms with Gasteiger partial charge in [0.05, 0.1) is 4.92 Å². The number of nitro benzene ring substituents is 1. The van der Waals surface area contributed by atoms with E-state index in [1.807, 2.05) is 6.07 Å². The number of hydrogen-bond acceptors (Lipinski definition) is 3. The molecule has 1 aliphatic carbocycles. The lowest BCUT2D eigenvalue weighted by Gasteiger charge is -2.17. The SMILES string of the molecule is CC1CCCC(Nc2ccc(Br)cc2[N+](=O)[O-])CC1. The number of nitrogens with one attached hydrogen (secondary N) is 1. The molecular weight excluding hydrogens is 308 g/mol. The van der Waals surface area contributed by atoms with E-state index in [0.717, 1.165) is 23.2 Å². The third-order valence-electron chi connectivity index (χ3n) is 3.77. The molecular formula is C14H19BrN2O2. The van der Waals surface area contributed by atoms with Gasteiger partial charge in [0.1, 0.15) is 5.69 Å². The van der Waals surface area contributed by atoms with Crippen LogP contribution in [0, 0.1) is 16.0 Å². The highest BCUT2D eigenvalue weighted by Gasteiger charge is 2.20. The Morgan fingerprint density at radius 1 is 1.32 bits per heavy atom. The van der Waals surface area contributed by atoms with E-state index in [-0.39, 0.29) is 10.6 Å². The van der Waals surface area contributed by atoms with Gasteiger partial charge in [-0.3, -0.25) is 10.1 Å². The second kappa shape index (κ2) is 6.37. The van der Waals surface area contributed by atoms with Crippen molar-refractivity contribution in [1.29, 1.82) is 0 Å². The topological polar surface area (TPSA) is 55.2 Å². The summed E-state index contributed by atoms with van der Waals surface area (Å²) in [5.74, 6) is 0.770. The van der Waals surface area contributed by atoms with Crippen LogP contribution in [0.5, 0.6) is 0 Å². The molecule has 5 heteroatoms. The first kappa shape index (κ1) is 14.3. The third-order valence-corrected chi connectivity index (χ3v) is 4.27. The molecule has 2 unspecified atom stereocenters. The van der Waals surface area contributed by atoms with Gasteiger partial charge in [0.2, 0.25) is 0 Å². The van der Waals surface area contributed by atoms with Crippen LogP contribution in [0.4, 0.5) is 11.4 Å². The molecule has 0 spiro atoms. The number of nitrogens with zero attached hydrogens (tertiary/aromatic N) is 1. The molecule has 1 saturated carbocycles. The molecule has 0 bridgehead atoms. The Morgan fingerprint density at radius 3 is 2.84 bits per heavy atom. The largest absolute Gasteiger partial charge is 0.377 e. The fraction of sp³-hybridized carbons (Fsp3) is 0.571. The van der Waals surface area contributed by atoms with Crippen LogP contribution in [-0.2, 0) is 0 Å². The average Bonchev–Trinajstić information content (AvgIpc) is 2.56. The lowest BCUT2D eigenvalue weighted by Crippen LogP contribution is -2.19. The fourth-order valence-corrected chi connectivity index (χ4v) is 2.98. The fourth-order valence-electron chi connectivity index (χ4n) is 2.63. The van der Waals surface area contributed by atoms with Gasteiger partial charge in [-0.15, -0.1) is 0 Å². The third kappa shape index (κ3) is 3.93. The van der Waals surface area contributed by atoms with Crippen molar-refractivity contribution in [2.75, 3.05) is 5.32 Å². The highest BCUT2D eigenvalue weighted by Crippen LogP contribution is 2.31. The second-order valence-electron chi connectivity index (χ2n) is 5.37. The van der Waals surface area contributed by atoms with Crippen LogP contribution in [0.3, 0.4) is 0 Å². The van der Waals surface area contributed by atoms with Crippen molar-refractivity contribution in [2.45, 2.75) is 45.1 Å². The van der Waals surface area contributed by atoms with Gasteiger partial charge in [-0.1, -0.05) is 35.7 Å². The minimum atomic E-state index is -0.327. The Balaban J connectivity index is 2.12. The number of benzene rings is 1. The summed E-state index contributed by atoms with van der Waals surface area (Å²) in [6.45, 7) is 2.28. The van der Waals surface area contributed by atoms with E-state index in [0.29, 0.717) is 11.7 Å². The Bertz CT molecular complexity index is 465. The Kier molecular flexibility index (Phi) is 4.80. The first-order valence-electron chi connectivity index (χ1n) is 6.76. The Hall–Kier alpha value is -1.10. The van der Waals surface area contributed by atoms with Crippen LogP contribution in [0.25, 0.3) is 0 Å². The summed E-state index contributed by atoms with van der Waals surface area (Å²) < 4.78 is 0.735. The van der Waals surface area contributed by atoms with Crippen molar-refractivity contribution >= 4 is 27.3 Å². The smallest absolute Gasteiger partial charge is 0.293 e. The van der Waals surface area contributed by atoms with Crippen LogP contribution in [0.1, 0.15) is 39.0 Å². The Morgan fingerprint density at radius 2 is 2.11 bits per heavy atom. The van der Waals surface area contributed by atoms with Crippen LogP contribution < -0.4 is 5.32 Å². The summed E-state index contributed by atoms with van der Waals surface area (Å²) in [5.41, 5.74) is 0.777. The van der Waals surface area contributed by atoms with Gasteiger partial charge in [-0.05, 0) is 37.3 Å². The van der Waals surface area contributed by atoms with Crippen molar-refractivity contribution in [2.24, 2.45) is 5.92 Å². The summed E-state index contributed by atoms with van der Waals surface area (Å²) in [5, 5.41) is 14.4. The van der Waals surface area contributed by atoms with Gasteiger partial charge in [-0.25, -0.2) is 0 Å². The number of halogens is 1. The van der Waals surface area contributed by atoms with Gasteiger partial charge in [0, 0.05) is 16.6 Å². The molecule has 1 aliphatic rings. The van der Waals surface area contributed by atoms with E-state index < -0.39 is 0 Å². The van der Waals surface area contributed by atoms with E-state index in [4.69, 9.17) is 0 Å². The van der Waals surface area contributed by atoms with Crippen LogP contribution in [0.2, 0.25) is 0 Å². The van der Waals surface area contributed by atoms with Gasteiger partial charge in [-0.2, -0.15) is 0 Å². The standard InChI is InChI=1S/C14H19BrN2O2/c1-10-3-2-4-12(7-5-10)16-13-8-6-11(15)9-14(13)17(18)19/h6,8-10,12,16H,2-5,7H2,1H3. The zero-order valence-electron chi connectivity index (χ0n) is 11.1. The number of nitro groups is 1. The zero-order chi connectivity index (χ0) is 13.8. The molecule has 0 aliphatic heterocycles. The van der Waals surface area contributed by atoms with E-state index in [9.17, 15) is 10.1 Å². The highest BCUT2D eigenvalue weighted by molar-refractivity contribution is 9.10. The molecule has 1 N–H and O–H groups in total. The summed E-state index contributed by atoms with van der Waals surface area (Å²) in [7, 11) is 0. The van der Waals surface area contributed by atoms with Crippen molar-refractivity contribution < 1.29 is 4.92 Å². The van der Waals surface area contributed by atoms with Crippen molar-refractivity contribution in [1.82, 2.24) is 0 Å². The van der Waals surface area contributed by atoms with Gasteiger partial charge in [0.15, 0.2) is 0 Å². The quantitative estimate of drug-likeness (QED) is 0.496. The normalized spacial score (nSPS) is 23.7. The van der Waals surface area contributed by atoms with Crippen molar-refractivity contribution in [3.63, 3.8) is 0 Å². The maximum Gasteiger partial charge on any atom is 0.293 e. The minimum absolute atomic E-state index is 0.145. The summed E-state index contributed by atoms with van der Waals surface area (Å²) in [6, 6.07) is 5.54. The zero-order valence-corrected chi connectivity index (χ0v) is 12.6. The van der Waals surface area contributed by atoms with E-state index in [2.05, 4.69) is 28.2 Å². The number of hydrogen-bond donors (Lipinski definition) is 1. The molecule has 0 radical (unpaired) electrons. The summed E-state index contributed by atoms with van der Waals surface area (Å²) in [4.78, 5) is 10.8. The molecule has 2 atom stereocenters. The van der Waals surface area contributed by atoms with Gasteiger partial charge < -0.3 is 5.32 Å². The molecule has 1 fully saturated rings. The molecule has 1 aromatic carbocycles. The predicted octanol–water partition coefficient (Wildman–Crippen LogP) is 4.74. The lowest BCUT2D eigenvalue weighted by molar-refractivity contribution is -0.384. The summed E-state index contributed by atoms with van der Waals surface area (Å²) in [6.07, 6.45) is 5.84. The predicted molar refractivity (Wildman–Crippen MR) is 80.5 cm³/mol. The van der Waals surface area contributed by atoms with E-state index in [1.165, 1.54) is 19.3 Å². The van der Waals surface area contributed by atoms with Crippen molar-refractivity contribution in [3.8, 4) is 0 Å². The molecule has 0 amide bonds. The molecule has 2 rings (SSSR count). The van der Waals surface area contributed by atoms with Gasteiger partial charge in [0.25, 0.3) is 5.69 Å². The number of rotatable bonds is 3. The van der Waals surface area contributed by atoms with E-state index >= 15 is 0 Å². The second-order valence-corrected chi connectivity index (χ2v) is 6.29.